The van der Waals surface area contributed by atoms with Crippen LogP contribution < -0.4 is 20.1 Å². The van der Waals surface area contributed by atoms with Crippen LogP contribution in [0.25, 0.3) is 21.1 Å². The predicted molar refractivity (Wildman–Crippen MR) is 262 cm³/mol. The molecule has 70 heavy (non-hydrogen) atoms. The zero-order valence-corrected chi connectivity index (χ0v) is 41.5. The van der Waals surface area contributed by atoms with E-state index in [1.807, 2.05) is 17.5 Å². The molecule has 1 aromatic carbocycles. The van der Waals surface area contributed by atoms with Gasteiger partial charge in [-0.25, -0.2) is 4.39 Å². The highest BCUT2D eigenvalue weighted by molar-refractivity contribution is 7.17. The number of piperazine rings is 1. The number of piperidine rings is 1. The molecule has 8 rings (SSSR count). The van der Waals surface area contributed by atoms with Gasteiger partial charge in [0, 0.05) is 83.1 Å². The van der Waals surface area contributed by atoms with E-state index in [9.17, 15) is 23.6 Å². The molecule has 1 unspecified atom stereocenters. The van der Waals surface area contributed by atoms with Gasteiger partial charge in [-0.15, -0.1) is 11.3 Å². The number of fused-ring (bicyclic) bond motifs is 2. The number of aromatic nitrogens is 3. The molecule has 1 saturated carbocycles. The van der Waals surface area contributed by atoms with Gasteiger partial charge in [0.15, 0.2) is 5.76 Å². The number of nitrogens with one attached hydrogen (secondary N) is 2. The summed E-state index contributed by atoms with van der Waals surface area (Å²) in [5, 5.41) is 12.4. The quantitative estimate of drug-likeness (QED) is 0.0927. The molecular formula is C50H66FN9O9S. The van der Waals surface area contributed by atoms with Gasteiger partial charge < -0.3 is 53.4 Å². The molecule has 0 spiro atoms. The Morgan fingerprint density at radius 2 is 1.64 bits per heavy atom. The Labute approximate surface area is 411 Å². The summed E-state index contributed by atoms with van der Waals surface area (Å²) in [7, 11) is 5.02. The highest BCUT2D eigenvalue weighted by Crippen LogP contribution is 2.33. The third-order valence-electron chi connectivity index (χ3n) is 13.8. The van der Waals surface area contributed by atoms with Crippen molar-refractivity contribution in [2.24, 2.45) is 13.0 Å². The van der Waals surface area contributed by atoms with Gasteiger partial charge in [-0.05, 0) is 86.4 Å². The topological polar surface area (TPSA) is 186 Å². The summed E-state index contributed by atoms with van der Waals surface area (Å²) in [5.41, 5.74) is 1.76. The molecule has 3 fully saturated rings. The van der Waals surface area contributed by atoms with Crippen LogP contribution in [0.2, 0.25) is 0 Å². The molecule has 4 amide bonds. The molecule has 2 saturated heterocycles. The van der Waals surface area contributed by atoms with Gasteiger partial charge >= 0.3 is 0 Å². The first kappa shape index (κ1) is 50.7. The summed E-state index contributed by atoms with van der Waals surface area (Å²) in [6.07, 6.45) is 8.64. The number of pyridine rings is 1. The molecule has 378 valence electrons. The molecular weight excluding hydrogens is 922 g/mol. The van der Waals surface area contributed by atoms with E-state index < -0.39 is 23.8 Å². The lowest BCUT2D eigenvalue weighted by atomic mass is 9.83. The second kappa shape index (κ2) is 24.0. The maximum absolute atomic E-state index is 14.7. The molecule has 20 heteroatoms. The Kier molecular flexibility index (Phi) is 17.4. The van der Waals surface area contributed by atoms with Crippen molar-refractivity contribution >= 4 is 56.1 Å². The van der Waals surface area contributed by atoms with Crippen LogP contribution in [0, 0.1) is 11.7 Å². The van der Waals surface area contributed by atoms with Crippen LogP contribution >= 0.6 is 11.3 Å². The summed E-state index contributed by atoms with van der Waals surface area (Å²) in [5.74, 6) is 0.347. The first-order valence-corrected chi connectivity index (χ1v) is 25.4. The number of hydrogen-bond acceptors (Lipinski definition) is 14. The molecule has 0 bridgehead atoms. The fraction of sp³-hybridized carbons (Fsp3) is 0.560. The molecule has 0 radical (unpaired) electrons. The Hall–Kier alpha value is -5.67. The number of rotatable bonds is 21. The smallest absolute Gasteiger partial charge is 0.271 e. The van der Waals surface area contributed by atoms with Crippen LogP contribution in [0.15, 0.2) is 52.5 Å². The minimum atomic E-state index is -0.639. The van der Waals surface area contributed by atoms with Crippen molar-refractivity contribution in [2.45, 2.75) is 76.6 Å². The summed E-state index contributed by atoms with van der Waals surface area (Å²) in [6.45, 7) is 6.73. The van der Waals surface area contributed by atoms with E-state index in [2.05, 4.69) is 25.7 Å². The van der Waals surface area contributed by atoms with E-state index in [0.29, 0.717) is 36.5 Å². The van der Waals surface area contributed by atoms with E-state index in [1.54, 1.807) is 72.1 Å². The number of carbonyl (C=O) groups excluding carboxylic acids is 4. The molecule has 4 aromatic heterocycles. The number of hydrogen-bond donors (Lipinski definition) is 2. The third-order valence-corrected chi connectivity index (χ3v) is 14.7. The second-order valence-corrected chi connectivity index (χ2v) is 19.3. The Morgan fingerprint density at radius 3 is 2.40 bits per heavy atom. The average Bonchev–Trinajstić information content (AvgIpc) is 4.13. The van der Waals surface area contributed by atoms with E-state index in [0.717, 1.165) is 79.8 Å². The Bertz CT molecular complexity index is 2560. The summed E-state index contributed by atoms with van der Waals surface area (Å²) in [4.78, 5) is 67.1. The number of amides is 4. The fourth-order valence-electron chi connectivity index (χ4n) is 9.60. The number of thiophene rings is 1. The average molecular weight is 988 g/mol. The van der Waals surface area contributed by atoms with Crippen LogP contribution in [0.5, 0.6) is 11.6 Å². The van der Waals surface area contributed by atoms with Gasteiger partial charge in [0.1, 0.15) is 36.0 Å². The number of likely N-dealkylation sites (N-methyl/N-ethyl adjacent to an activating group) is 2. The highest BCUT2D eigenvalue weighted by Gasteiger charge is 2.38. The van der Waals surface area contributed by atoms with Gasteiger partial charge in [-0.2, -0.15) is 0 Å². The van der Waals surface area contributed by atoms with E-state index >= 15 is 0 Å². The van der Waals surface area contributed by atoms with Crippen molar-refractivity contribution in [1.29, 1.82) is 0 Å². The van der Waals surface area contributed by atoms with Crippen molar-refractivity contribution in [3.8, 4) is 11.6 Å². The van der Waals surface area contributed by atoms with Crippen molar-refractivity contribution in [3.63, 3.8) is 0 Å². The summed E-state index contributed by atoms with van der Waals surface area (Å²) in [6, 6.07) is 8.82. The fourth-order valence-corrected chi connectivity index (χ4v) is 10.4. The standard InChI is InChI=1S/C50H66FN9O9S/c1-33(52-2)47(61)54-44(34-8-6-5-7-9-34)49(63)59-19-21-60(22-20-59)50(64)45-43(38-30-35(51)10-11-40(38)57(45)4)48(62)56(3)23-24-65-25-26-66-27-28-67-42-31-37(69-55-42)32-58-17-13-36(14-18-58)68-41-12-16-53-39-15-29-70-46(39)41/h10-12,15-16,29-31,33-34,36,44,52H,5-9,13-14,17-28,32H2,1-4H3,(H,54,61)/t33-,44?/m0/s1. The molecule has 3 aliphatic rings. The molecule has 6 heterocycles. The number of likely N-dealkylation sites (tertiary alicyclic amines) is 1. The first-order chi connectivity index (χ1) is 34.0. The van der Waals surface area contributed by atoms with Crippen molar-refractivity contribution in [3.05, 3.63) is 70.8 Å². The number of carbonyl (C=O) groups is 4. The first-order valence-electron chi connectivity index (χ1n) is 24.5. The van der Waals surface area contributed by atoms with Crippen LogP contribution in [0.3, 0.4) is 0 Å². The van der Waals surface area contributed by atoms with E-state index in [1.165, 1.54) is 17.0 Å². The molecule has 5 aromatic rings. The van der Waals surface area contributed by atoms with Crippen molar-refractivity contribution < 1.29 is 47.0 Å². The zero-order valence-electron chi connectivity index (χ0n) is 40.7. The molecule has 1 aliphatic carbocycles. The lowest BCUT2D eigenvalue weighted by Gasteiger charge is -2.39. The molecule has 2 N–H and O–H groups in total. The van der Waals surface area contributed by atoms with Crippen LogP contribution in [0.4, 0.5) is 4.39 Å². The largest absolute Gasteiger partial charge is 0.489 e. The second-order valence-electron chi connectivity index (χ2n) is 18.4. The van der Waals surface area contributed by atoms with Gasteiger partial charge in [-0.1, -0.05) is 19.3 Å². The van der Waals surface area contributed by atoms with Gasteiger partial charge in [0.05, 0.1) is 54.8 Å². The summed E-state index contributed by atoms with van der Waals surface area (Å²) < 4.78 is 46.6. The zero-order chi connectivity index (χ0) is 49.1. The maximum Gasteiger partial charge on any atom is 0.271 e. The lowest BCUT2D eigenvalue weighted by Crippen LogP contribution is -2.59. The van der Waals surface area contributed by atoms with Gasteiger partial charge in [0.25, 0.3) is 17.7 Å². The van der Waals surface area contributed by atoms with E-state index in [4.69, 9.17) is 23.5 Å². The monoisotopic (exact) mass is 987 g/mol. The SMILES string of the molecule is CN[C@@H](C)C(=O)NC(C(=O)N1CCN(C(=O)c2c(C(=O)N(C)CCOCCOCCOc3cc(CN4CCC(Oc5ccnc6ccsc56)CC4)on3)c3cc(F)ccc3n2C)CC1)C1CCCCC1. The highest BCUT2D eigenvalue weighted by atomic mass is 32.1. The number of benzene rings is 1. The Balaban J connectivity index is 0.754. The predicted octanol–water partition coefficient (Wildman–Crippen LogP) is 5.10. The number of ether oxygens (including phenoxy) is 4. The van der Waals surface area contributed by atoms with E-state index in [-0.39, 0.29) is 93.5 Å². The third kappa shape index (κ3) is 12.3. The number of nitrogens with zero attached hydrogens (tertiary/aromatic N) is 7. The molecule has 2 aliphatic heterocycles. The van der Waals surface area contributed by atoms with Gasteiger partial charge in [-0.3, -0.25) is 29.1 Å². The minimum Gasteiger partial charge on any atom is -0.489 e. The van der Waals surface area contributed by atoms with Gasteiger partial charge in [0.2, 0.25) is 11.8 Å². The minimum absolute atomic E-state index is 0.0472. The Morgan fingerprint density at radius 1 is 0.914 bits per heavy atom. The van der Waals surface area contributed by atoms with Crippen LogP contribution in [0.1, 0.15) is 78.5 Å². The van der Waals surface area contributed by atoms with Crippen molar-refractivity contribution in [1.82, 2.24) is 44.9 Å². The van der Waals surface area contributed by atoms with Crippen molar-refractivity contribution in [2.75, 3.05) is 92.9 Å². The van der Waals surface area contributed by atoms with Crippen LogP contribution in [-0.2, 0) is 32.7 Å². The molecule has 18 nitrogen and oxygen atoms in total. The maximum atomic E-state index is 14.7. The normalized spacial score (nSPS) is 17.2. The molecule has 2 atom stereocenters. The summed E-state index contributed by atoms with van der Waals surface area (Å²) >= 11 is 1.65. The lowest BCUT2D eigenvalue weighted by molar-refractivity contribution is -0.140. The van der Waals surface area contributed by atoms with Crippen LogP contribution in [-0.4, -0.2) is 169 Å². The number of aryl methyl sites for hydroxylation is 1. The number of halogens is 1.